The predicted octanol–water partition coefficient (Wildman–Crippen LogP) is 5.68. The van der Waals surface area contributed by atoms with Crippen LogP contribution in [0.1, 0.15) is 55.9 Å². The third-order valence-corrected chi connectivity index (χ3v) is 6.71. The number of carbonyl (C=O) groups is 3. The molecule has 5 rings (SSSR count). The first kappa shape index (κ1) is 24.8. The second-order valence-electron chi connectivity index (χ2n) is 9.23. The summed E-state index contributed by atoms with van der Waals surface area (Å²) in [6, 6.07) is 19.5. The number of hydrogen-bond acceptors (Lipinski definition) is 7. The summed E-state index contributed by atoms with van der Waals surface area (Å²) in [6.07, 6.45) is 5.90. The van der Waals surface area contributed by atoms with E-state index in [2.05, 4.69) is 5.32 Å². The minimum Gasteiger partial charge on any atom is -0.367 e. The molecule has 0 aromatic heterocycles. The maximum absolute atomic E-state index is 13.5. The summed E-state index contributed by atoms with van der Waals surface area (Å²) in [5.41, 5.74) is 2.93. The average molecular weight is 508 g/mol. The summed E-state index contributed by atoms with van der Waals surface area (Å²) >= 11 is 0. The molecule has 38 heavy (non-hydrogen) atoms. The van der Waals surface area contributed by atoms with Crippen molar-refractivity contribution >= 4 is 34.8 Å². The lowest BCUT2D eigenvalue weighted by Crippen LogP contribution is -2.39. The minimum atomic E-state index is -0.486. The first-order chi connectivity index (χ1) is 18.4. The lowest BCUT2D eigenvalue weighted by Gasteiger charge is -2.34. The zero-order chi connectivity index (χ0) is 26.6. The molecular weight excluding hydrogens is 482 g/mol. The lowest BCUT2D eigenvalue weighted by molar-refractivity contribution is -0.384. The van der Waals surface area contributed by atoms with Crippen LogP contribution in [0.25, 0.3) is 6.08 Å². The van der Waals surface area contributed by atoms with Crippen LogP contribution >= 0.6 is 0 Å². The van der Waals surface area contributed by atoms with Crippen LogP contribution < -0.4 is 5.32 Å². The number of nitrogens with one attached hydrogen (secondary N) is 1. The Morgan fingerprint density at radius 3 is 2.24 bits per heavy atom. The smallest absolute Gasteiger partial charge is 0.270 e. The van der Waals surface area contributed by atoms with Gasteiger partial charge in [0, 0.05) is 47.6 Å². The number of anilines is 1. The van der Waals surface area contributed by atoms with Gasteiger partial charge in [0.1, 0.15) is 11.4 Å². The highest BCUT2D eigenvalue weighted by molar-refractivity contribution is 6.27. The summed E-state index contributed by atoms with van der Waals surface area (Å²) in [4.78, 5) is 52.1. The second-order valence-corrected chi connectivity index (χ2v) is 9.23. The number of nitro benzene ring substituents is 1. The van der Waals surface area contributed by atoms with Crippen molar-refractivity contribution in [2.45, 2.75) is 19.3 Å². The predicted molar refractivity (Wildman–Crippen MR) is 144 cm³/mol. The zero-order valence-electron chi connectivity index (χ0n) is 20.6. The monoisotopic (exact) mass is 507 g/mol. The normalized spacial score (nSPS) is 15.5. The molecule has 3 aromatic rings. The van der Waals surface area contributed by atoms with Crippen molar-refractivity contribution in [2.24, 2.45) is 0 Å². The fraction of sp³-hybridized carbons (Fsp3) is 0.167. The molecule has 0 bridgehead atoms. The number of non-ortho nitro benzene ring substituents is 1. The Balaban J connectivity index is 1.39. The van der Waals surface area contributed by atoms with Gasteiger partial charge in [0.2, 0.25) is 11.6 Å². The Labute approximate surface area is 219 Å². The van der Waals surface area contributed by atoms with Crippen LogP contribution in [0.15, 0.2) is 90.3 Å². The van der Waals surface area contributed by atoms with E-state index >= 15 is 0 Å². The Bertz CT molecular complexity index is 1500. The first-order valence-electron chi connectivity index (χ1n) is 12.4. The van der Waals surface area contributed by atoms with Crippen molar-refractivity contribution in [2.75, 3.05) is 18.4 Å². The Kier molecular flexibility index (Phi) is 6.95. The fourth-order valence-electron chi connectivity index (χ4n) is 4.77. The number of hydrogen-bond donors (Lipinski definition) is 1. The van der Waals surface area contributed by atoms with E-state index in [1.807, 2.05) is 4.90 Å². The SMILES string of the molecule is O=C(C=Cc1cccc([N+](=O)[O-])c1)c1ccc(NC2=C(N3CCCCC3)C(=O)c3ccccc3C2=O)cc1. The van der Waals surface area contributed by atoms with Crippen LogP contribution in [-0.4, -0.2) is 40.3 Å². The molecule has 2 aliphatic rings. The molecule has 1 aliphatic carbocycles. The number of ketones is 3. The van der Waals surface area contributed by atoms with Crippen LogP contribution in [0.2, 0.25) is 0 Å². The van der Waals surface area contributed by atoms with Gasteiger partial charge in [-0.05, 0) is 55.2 Å². The van der Waals surface area contributed by atoms with E-state index < -0.39 is 4.92 Å². The standard InChI is InChI=1S/C30H25N3O5/c34-26(16-11-20-7-6-8-23(19-20)33(37)38)21-12-14-22(15-13-21)31-27-28(32-17-4-1-5-18-32)30(36)25-10-3-2-9-24(25)29(27)35/h2-3,6-16,19,31H,1,4-5,17-18H2. The summed E-state index contributed by atoms with van der Waals surface area (Å²) in [5.74, 6) is -0.669. The van der Waals surface area contributed by atoms with Gasteiger partial charge < -0.3 is 10.2 Å². The van der Waals surface area contributed by atoms with E-state index in [1.54, 1.807) is 60.7 Å². The van der Waals surface area contributed by atoms with E-state index in [0.29, 0.717) is 46.7 Å². The number of rotatable bonds is 7. The number of nitrogens with zero attached hydrogens (tertiary/aromatic N) is 2. The van der Waals surface area contributed by atoms with Crippen molar-refractivity contribution < 1.29 is 19.3 Å². The molecule has 1 fully saturated rings. The molecule has 0 unspecified atom stereocenters. The van der Waals surface area contributed by atoms with Crippen molar-refractivity contribution in [3.05, 3.63) is 123 Å². The number of allylic oxidation sites excluding steroid dienone is 3. The Morgan fingerprint density at radius 1 is 0.868 bits per heavy atom. The molecule has 1 N–H and O–H groups in total. The van der Waals surface area contributed by atoms with E-state index in [9.17, 15) is 24.5 Å². The molecule has 1 heterocycles. The van der Waals surface area contributed by atoms with E-state index in [-0.39, 0.29) is 28.7 Å². The molecule has 0 radical (unpaired) electrons. The van der Waals surface area contributed by atoms with E-state index in [4.69, 9.17) is 0 Å². The molecule has 3 aromatic carbocycles. The van der Waals surface area contributed by atoms with Crippen molar-refractivity contribution in [3.8, 4) is 0 Å². The highest BCUT2D eigenvalue weighted by Crippen LogP contribution is 2.31. The van der Waals surface area contributed by atoms with Crippen molar-refractivity contribution in [1.29, 1.82) is 0 Å². The van der Waals surface area contributed by atoms with Gasteiger partial charge in [0.05, 0.1) is 4.92 Å². The van der Waals surface area contributed by atoms with Gasteiger partial charge in [-0.15, -0.1) is 0 Å². The summed E-state index contributed by atoms with van der Waals surface area (Å²) in [7, 11) is 0. The average Bonchev–Trinajstić information content (AvgIpc) is 2.95. The highest BCUT2D eigenvalue weighted by Gasteiger charge is 2.35. The summed E-state index contributed by atoms with van der Waals surface area (Å²) in [6.45, 7) is 1.43. The van der Waals surface area contributed by atoms with Crippen LogP contribution in [0.4, 0.5) is 11.4 Å². The number of fused-ring (bicyclic) bond motifs is 1. The molecule has 0 atom stereocenters. The molecule has 1 saturated heterocycles. The van der Waals surface area contributed by atoms with Crippen molar-refractivity contribution in [1.82, 2.24) is 4.90 Å². The van der Waals surface area contributed by atoms with Gasteiger partial charge in [0.15, 0.2) is 5.78 Å². The minimum absolute atomic E-state index is 0.0494. The van der Waals surface area contributed by atoms with Crippen LogP contribution in [0.3, 0.4) is 0 Å². The largest absolute Gasteiger partial charge is 0.367 e. The van der Waals surface area contributed by atoms with Gasteiger partial charge in [-0.25, -0.2) is 0 Å². The number of likely N-dealkylation sites (tertiary alicyclic amines) is 1. The Hall–Kier alpha value is -4.85. The Morgan fingerprint density at radius 2 is 1.55 bits per heavy atom. The van der Waals surface area contributed by atoms with E-state index in [1.165, 1.54) is 24.3 Å². The second kappa shape index (κ2) is 10.6. The fourth-order valence-corrected chi connectivity index (χ4v) is 4.77. The molecule has 0 amide bonds. The summed E-state index contributed by atoms with van der Waals surface area (Å²) < 4.78 is 0. The number of nitro groups is 1. The summed E-state index contributed by atoms with van der Waals surface area (Å²) in [5, 5.41) is 14.1. The van der Waals surface area contributed by atoms with Crippen LogP contribution in [0.5, 0.6) is 0 Å². The van der Waals surface area contributed by atoms with Crippen LogP contribution in [0, 0.1) is 10.1 Å². The van der Waals surface area contributed by atoms with Crippen molar-refractivity contribution in [3.63, 3.8) is 0 Å². The number of carbonyl (C=O) groups excluding carboxylic acids is 3. The maximum Gasteiger partial charge on any atom is 0.270 e. The van der Waals surface area contributed by atoms with Gasteiger partial charge in [0.25, 0.3) is 5.69 Å². The number of piperidine rings is 1. The third-order valence-electron chi connectivity index (χ3n) is 6.71. The number of Topliss-reactive ketones (excluding diaryl/α,β-unsaturated/α-hetero) is 2. The first-order valence-corrected chi connectivity index (χ1v) is 12.4. The topological polar surface area (TPSA) is 110 Å². The molecule has 8 heteroatoms. The number of benzene rings is 3. The molecule has 0 spiro atoms. The molecule has 190 valence electrons. The molecule has 8 nitrogen and oxygen atoms in total. The van der Waals surface area contributed by atoms with Crippen LogP contribution in [-0.2, 0) is 0 Å². The lowest BCUT2D eigenvalue weighted by atomic mass is 9.89. The quantitative estimate of drug-likeness (QED) is 0.190. The van der Waals surface area contributed by atoms with Gasteiger partial charge >= 0.3 is 0 Å². The molecule has 0 saturated carbocycles. The molecular formula is C30H25N3O5. The zero-order valence-corrected chi connectivity index (χ0v) is 20.6. The highest BCUT2D eigenvalue weighted by atomic mass is 16.6. The van der Waals surface area contributed by atoms with E-state index in [0.717, 1.165) is 19.3 Å². The van der Waals surface area contributed by atoms with Gasteiger partial charge in [-0.1, -0.05) is 42.5 Å². The third kappa shape index (κ3) is 5.01. The van der Waals surface area contributed by atoms with Gasteiger partial charge in [-0.2, -0.15) is 0 Å². The van der Waals surface area contributed by atoms with Gasteiger partial charge in [-0.3, -0.25) is 24.5 Å². The maximum atomic E-state index is 13.5. The molecule has 1 aliphatic heterocycles.